The Morgan fingerprint density at radius 1 is 0.859 bits per heavy atom. The number of rotatable bonds is 13. The number of pyridine rings is 1. The number of halogens is 2. The molecule has 1 N–H and O–H groups in total. The van der Waals surface area contributed by atoms with E-state index in [0.29, 0.717) is 58.6 Å². The molecule has 0 radical (unpaired) electrons. The number of aromatic nitrogens is 3. The Labute approximate surface area is 383 Å². The van der Waals surface area contributed by atoms with Gasteiger partial charge in [0.15, 0.2) is 5.75 Å². The molecule has 2 aromatic heterocycles. The van der Waals surface area contributed by atoms with Crippen molar-refractivity contribution >= 4 is 52.7 Å². The summed E-state index contributed by atoms with van der Waals surface area (Å²) in [6, 6.07) is 19.9. The zero-order valence-electron chi connectivity index (χ0n) is 36.1. The molecule has 4 fully saturated rings. The summed E-state index contributed by atoms with van der Waals surface area (Å²) in [5.41, 5.74) is 3.93. The van der Waals surface area contributed by atoms with Crippen LogP contribution in [-0.4, -0.2) is 130 Å². The molecule has 4 aromatic rings. The predicted molar refractivity (Wildman–Crippen MR) is 242 cm³/mol. The number of anilines is 2. The molecular weight excluding hydrogens is 855 g/mol. The average molecular weight is 908 g/mol. The monoisotopic (exact) mass is 906 g/mol. The fourth-order valence-electron chi connectivity index (χ4n) is 9.61. The van der Waals surface area contributed by atoms with E-state index in [1.165, 1.54) is 0 Å². The fraction of sp³-hybridized carbons (Fsp3) is 0.468. The maximum atomic E-state index is 13.1. The van der Waals surface area contributed by atoms with Crippen LogP contribution in [0, 0.1) is 11.3 Å². The number of carbonyl (C=O) groups is 3. The quantitative estimate of drug-likeness (QED) is 0.139. The zero-order chi connectivity index (χ0) is 44.5. The van der Waals surface area contributed by atoms with Crippen molar-refractivity contribution in [2.24, 2.45) is 0 Å². The highest BCUT2D eigenvalue weighted by molar-refractivity contribution is 6.32. The molecule has 1 unspecified atom stereocenters. The SMILES string of the molecule is CC(C)(c1ccc(OCc2ccnc(N3CCN(C4CCN(C5CN(c6ccc7c(n6)CN(C6CCC(=O)NC6=O)C7=O)C5)CC4)CC3)n2)cc1)c1cc(Cl)c(OCCCl)c(C#N)c1. The Morgan fingerprint density at radius 3 is 2.33 bits per heavy atom. The predicted octanol–water partition coefficient (Wildman–Crippen LogP) is 5.16. The minimum atomic E-state index is -0.638. The van der Waals surface area contributed by atoms with E-state index in [4.69, 9.17) is 42.6 Å². The van der Waals surface area contributed by atoms with Crippen molar-refractivity contribution in [1.82, 2.24) is 35.0 Å². The molecule has 0 saturated carbocycles. The van der Waals surface area contributed by atoms with E-state index in [1.54, 1.807) is 4.90 Å². The number of benzene rings is 2. The molecule has 2 aromatic carbocycles. The first kappa shape index (κ1) is 43.7. The van der Waals surface area contributed by atoms with Gasteiger partial charge in [0.25, 0.3) is 5.91 Å². The third-order valence-corrected chi connectivity index (χ3v) is 14.0. The van der Waals surface area contributed by atoms with Gasteiger partial charge in [-0.3, -0.25) is 29.5 Å². The summed E-state index contributed by atoms with van der Waals surface area (Å²) < 4.78 is 11.8. The van der Waals surface area contributed by atoms with E-state index < -0.39 is 17.4 Å². The van der Waals surface area contributed by atoms with Gasteiger partial charge >= 0.3 is 0 Å². The Morgan fingerprint density at radius 2 is 1.61 bits per heavy atom. The highest BCUT2D eigenvalue weighted by Crippen LogP contribution is 2.39. The molecule has 9 rings (SSSR count). The van der Waals surface area contributed by atoms with Crippen LogP contribution in [0.3, 0.4) is 0 Å². The molecule has 5 aliphatic heterocycles. The lowest BCUT2D eigenvalue weighted by atomic mass is 9.77. The van der Waals surface area contributed by atoms with Crippen LogP contribution in [-0.2, 0) is 28.2 Å². The van der Waals surface area contributed by atoms with Gasteiger partial charge in [-0.25, -0.2) is 15.0 Å². The van der Waals surface area contributed by atoms with Gasteiger partial charge in [0.2, 0.25) is 17.8 Å². The van der Waals surface area contributed by atoms with Crippen LogP contribution in [0.1, 0.15) is 78.0 Å². The number of amides is 3. The molecule has 1 atom stereocenters. The Kier molecular flexibility index (Phi) is 12.6. The number of alkyl halides is 1. The lowest BCUT2D eigenvalue weighted by Crippen LogP contribution is -2.62. The first-order valence-corrected chi connectivity index (χ1v) is 23.0. The van der Waals surface area contributed by atoms with Crippen molar-refractivity contribution in [3.8, 4) is 17.6 Å². The first-order valence-electron chi connectivity index (χ1n) is 22.1. The van der Waals surface area contributed by atoms with Crippen LogP contribution in [0.5, 0.6) is 11.5 Å². The zero-order valence-corrected chi connectivity index (χ0v) is 37.7. The third-order valence-electron chi connectivity index (χ3n) is 13.5. The van der Waals surface area contributed by atoms with Crippen LogP contribution < -0.4 is 24.6 Å². The van der Waals surface area contributed by atoms with E-state index >= 15 is 0 Å². The minimum Gasteiger partial charge on any atom is -0.489 e. The summed E-state index contributed by atoms with van der Waals surface area (Å²) in [5, 5.41) is 12.5. The second-order valence-electron chi connectivity index (χ2n) is 17.7. The average Bonchev–Trinajstić information content (AvgIpc) is 3.62. The lowest BCUT2D eigenvalue weighted by molar-refractivity contribution is -0.136. The van der Waals surface area contributed by atoms with Crippen molar-refractivity contribution in [3.05, 3.63) is 99.5 Å². The van der Waals surface area contributed by atoms with Crippen LogP contribution in [0.25, 0.3) is 0 Å². The summed E-state index contributed by atoms with van der Waals surface area (Å²) >= 11 is 12.3. The number of hydrogen-bond donors (Lipinski definition) is 1. The Hall–Kier alpha value is -5.53. The highest BCUT2D eigenvalue weighted by atomic mass is 35.5. The molecule has 334 valence electrons. The molecule has 0 spiro atoms. The molecule has 17 heteroatoms. The second-order valence-corrected chi connectivity index (χ2v) is 18.5. The number of nitrogens with one attached hydrogen (secondary N) is 1. The highest BCUT2D eigenvalue weighted by Gasteiger charge is 2.41. The van der Waals surface area contributed by atoms with E-state index in [9.17, 15) is 19.6 Å². The van der Waals surface area contributed by atoms with Crippen molar-refractivity contribution in [2.75, 3.05) is 74.6 Å². The summed E-state index contributed by atoms with van der Waals surface area (Å²) in [5.74, 6) is 2.08. The minimum absolute atomic E-state index is 0.196. The fourth-order valence-corrected chi connectivity index (χ4v) is 9.96. The van der Waals surface area contributed by atoms with Crippen molar-refractivity contribution in [2.45, 2.75) is 76.2 Å². The number of imide groups is 1. The van der Waals surface area contributed by atoms with E-state index in [2.05, 4.69) is 49.8 Å². The number of nitriles is 1. The van der Waals surface area contributed by atoms with E-state index in [0.717, 1.165) is 99.5 Å². The van der Waals surface area contributed by atoms with Crippen molar-refractivity contribution in [3.63, 3.8) is 0 Å². The maximum Gasteiger partial charge on any atom is 0.256 e. The number of ether oxygens (including phenoxy) is 2. The van der Waals surface area contributed by atoms with E-state index in [1.807, 2.05) is 60.8 Å². The van der Waals surface area contributed by atoms with E-state index in [-0.39, 0.29) is 31.4 Å². The maximum absolute atomic E-state index is 13.1. The summed E-state index contributed by atoms with van der Waals surface area (Å²) in [7, 11) is 0. The van der Waals surface area contributed by atoms with Crippen molar-refractivity contribution in [1.29, 1.82) is 5.26 Å². The third kappa shape index (κ3) is 8.93. The Bertz CT molecular complexity index is 2440. The van der Waals surface area contributed by atoms with Gasteiger partial charge in [-0.1, -0.05) is 37.6 Å². The standard InChI is InChI=1S/C47H52Cl2N10O5/c1-47(2,32-23-30(25-50)43(38(49)24-32)63-22-14-48)31-3-5-36(6-4-31)64-29-33-11-15-51-46(52-33)57-20-18-56(19-21-57)34-12-16-55(17-13-34)35-26-58(27-35)41-9-7-37-39(53-41)28-59(45(37)62)40-8-10-42(60)54-44(40)61/h3-7,9,11,15,23-24,34-35,40H,8,10,12-14,16-22,26-29H2,1-2H3,(H,54,60,61). The largest absolute Gasteiger partial charge is 0.489 e. The summed E-state index contributed by atoms with van der Waals surface area (Å²) in [6.45, 7) is 12.7. The van der Waals surface area contributed by atoms with Gasteiger partial charge in [-0.15, -0.1) is 11.6 Å². The van der Waals surface area contributed by atoms with Gasteiger partial charge in [0.1, 0.15) is 36.9 Å². The van der Waals surface area contributed by atoms with Gasteiger partial charge in [-0.05, 0) is 72.9 Å². The number of fused-ring (bicyclic) bond motifs is 1. The number of likely N-dealkylation sites (tertiary alicyclic amines) is 1. The van der Waals surface area contributed by atoms with Gasteiger partial charge in [0, 0.05) is 82.5 Å². The number of hydrogen-bond acceptors (Lipinski definition) is 13. The Balaban J connectivity index is 0.712. The topological polar surface area (TPSA) is 160 Å². The van der Waals surface area contributed by atoms with Gasteiger partial charge < -0.3 is 24.2 Å². The molecule has 0 bridgehead atoms. The number of piperidine rings is 2. The second kappa shape index (κ2) is 18.5. The molecule has 15 nitrogen and oxygen atoms in total. The number of nitrogens with zero attached hydrogens (tertiary/aromatic N) is 9. The summed E-state index contributed by atoms with van der Waals surface area (Å²) in [6.07, 6.45) is 4.66. The first-order chi connectivity index (χ1) is 31.0. The number of carbonyl (C=O) groups excluding carboxylic acids is 3. The summed E-state index contributed by atoms with van der Waals surface area (Å²) in [4.78, 5) is 62.9. The molecule has 7 heterocycles. The molecule has 4 saturated heterocycles. The van der Waals surface area contributed by atoms with Gasteiger partial charge in [-0.2, -0.15) is 5.26 Å². The number of piperazine rings is 1. The molecule has 64 heavy (non-hydrogen) atoms. The van der Waals surface area contributed by atoms with Crippen LogP contribution >= 0.6 is 23.2 Å². The normalized spacial score (nSPS) is 20.2. The van der Waals surface area contributed by atoms with Gasteiger partial charge in [0.05, 0.1) is 40.0 Å². The van der Waals surface area contributed by atoms with Crippen LogP contribution in [0.2, 0.25) is 5.02 Å². The van der Waals surface area contributed by atoms with Crippen LogP contribution in [0.15, 0.2) is 60.8 Å². The smallest absolute Gasteiger partial charge is 0.256 e. The lowest BCUT2D eigenvalue weighted by Gasteiger charge is -2.49. The van der Waals surface area contributed by atoms with Crippen LogP contribution in [0.4, 0.5) is 11.8 Å². The molecule has 3 amide bonds. The molecular formula is C47H52Cl2N10O5. The van der Waals surface area contributed by atoms with Crippen molar-refractivity contribution < 1.29 is 23.9 Å². The molecule has 0 aliphatic carbocycles. The molecule has 5 aliphatic rings.